The molecule has 1 aliphatic heterocycles. The van der Waals surface area contributed by atoms with Gasteiger partial charge in [-0.1, -0.05) is 41.9 Å². The van der Waals surface area contributed by atoms with Gasteiger partial charge in [0.05, 0.1) is 30.4 Å². The average molecular weight is 490 g/mol. The molecule has 1 aliphatic carbocycles. The zero-order valence-corrected chi connectivity index (χ0v) is 21.0. The van der Waals surface area contributed by atoms with Gasteiger partial charge in [0.2, 0.25) is 5.91 Å². The molecule has 0 radical (unpaired) electrons. The highest BCUT2D eigenvalue weighted by molar-refractivity contribution is 6.30. The van der Waals surface area contributed by atoms with Crippen LogP contribution >= 0.6 is 11.6 Å². The predicted molar refractivity (Wildman–Crippen MR) is 141 cm³/mol. The Kier molecular flexibility index (Phi) is 6.81. The summed E-state index contributed by atoms with van der Waals surface area (Å²) in [6, 6.07) is 16.0. The highest BCUT2D eigenvalue weighted by Crippen LogP contribution is 2.45. The molecular formula is C29H32ClN3O2. The van der Waals surface area contributed by atoms with Gasteiger partial charge >= 0.3 is 0 Å². The van der Waals surface area contributed by atoms with Crippen molar-refractivity contribution in [2.75, 3.05) is 5.32 Å². The van der Waals surface area contributed by atoms with Crippen LogP contribution in [-0.4, -0.2) is 26.7 Å². The Morgan fingerprint density at radius 1 is 1.14 bits per heavy atom. The van der Waals surface area contributed by atoms with Crippen LogP contribution in [0, 0.1) is 18.8 Å². The number of amides is 1. The van der Waals surface area contributed by atoms with Gasteiger partial charge in [-0.05, 0) is 92.3 Å². The summed E-state index contributed by atoms with van der Waals surface area (Å²) in [6.45, 7) is 4.10. The number of imidazole rings is 1. The van der Waals surface area contributed by atoms with E-state index in [1.54, 1.807) is 6.07 Å². The van der Waals surface area contributed by atoms with Crippen LogP contribution < -0.4 is 5.32 Å². The monoisotopic (exact) mass is 489 g/mol. The van der Waals surface area contributed by atoms with E-state index < -0.39 is 6.10 Å². The number of benzene rings is 2. The van der Waals surface area contributed by atoms with Crippen molar-refractivity contribution in [3.63, 3.8) is 0 Å². The van der Waals surface area contributed by atoms with Crippen LogP contribution in [0.2, 0.25) is 5.02 Å². The van der Waals surface area contributed by atoms with Crippen LogP contribution in [0.25, 0.3) is 11.1 Å². The molecule has 2 aromatic carbocycles. The second kappa shape index (κ2) is 10.00. The number of aryl methyl sites for hydroxylation is 1. The number of aromatic nitrogens is 2. The highest BCUT2D eigenvalue weighted by Gasteiger charge is 2.35. The Hall–Kier alpha value is -2.89. The normalized spacial score (nSPS) is 22.7. The number of hydrogen-bond donors (Lipinski definition) is 2. The molecule has 2 aliphatic rings. The molecule has 0 bridgehead atoms. The molecule has 3 aromatic rings. The lowest BCUT2D eigenvalue weighted by Crippen LogP contribution is -2.32. The van der Waals surface area contributed by atoms with Crippen LogP contribution in [0.5, 0.6) is 0 Å². The number of carbonyl (C=O) groups is 1. The third-order valence-corrected chi connectivity index (χ3v) is 8.04. The number of halogens is 1. The summed E-state index contributed by atoms with van der Waals surface area (Å²) in [4.78, 5) is 17.2. The van der Waals surface area contributed by atoms with Crippen LogP contribution in [0.4, 0.5) is 5.69 Å². The van der Waals surface area contributed by atoms with Crippen molar-refractivity contribution in [2.45, 2.75) is 58.1 Å². The van der Waals surface area contributed by atoms with E-state index in [-0.39, 0.29) is 23.8 Å². The minimum absolute atomic E-state index is 0.0257. The fourth-order valence-corrected chi connectivity index (χ4v) is 6.04. The maximum absolute atomic E-state index is 12.9. The highest BCUT2D eigenvalue weighted by atomic mass is 35.5. The Morgan fingerprint density at radius 2 is 1.89 bits per heavy atom. The molecular weight excluding hydrogens is 458 g/mol. The second-order valence-electron chi connectivity index (χ2n) is 9.97. The maximum Gasteiger partial charge on any atom is 0.227 e. The van der Waals surface area contributed by atoms with E-state index in [9.17, 15) is 9.90 Å². The number of allylic oxidation sites excluding steroid dienone is 2. The second-order valence-corrected chi connectivity index (χ2v) is 10.4. The van der Waals surface area contributed by atoms with E-state index in [4.69, 9.17) is 11.6 Å². The van der Waals surface area contributed by atoms with Crippen LogP contribution in [0.1, 0.15) is 61.9 Å². The molecule has 1 saturated carbocycles. The number of fused-ring (bicyclic) bond motifs is 1. The summed E-state index contributed by atoms with van der Waals surface area (Å²) in [6.07, 6.45) is 7.31. The Balaban J connectivity index is 1.23. The van der Waals surface area contributed by atoms with E-state index in [1.165, 1.54) is 16.7 Å². The summed E-state index contributed by atoms with van der Waals surface area (Å²) in [5, 5.41) is 15.0. The van der Waals surface area contributed by atoms with Gasteiger partial charge in [0.15, 0.2) is 0 Å². The van der Waals surface area contributed by atoms with E-state index in [0.29, 0.717) is 11.4 Å². The van der Waals surface area contributed by atoms with Crippen molar-refractivity contribution in [1.82, 2.24) is 9.55 Å². The zero-order valence-electron chi connectivity index (χ0n) is 20.2. The molecule has 0 saturated heterocycles. The quantitative estimate of drug-likeness (QED) is 0.413. The van der Waals surface area contributed by atoms with Gasteiger partial charge in [0.25, 0.3) is 0 Å². The predicted octanol–water partition coefficient (Wildman–Crippen LogP) is 6.53. The summed E-state index contributed by atoms with van der Waals surface area (Å²) in [5.41, 5.74) is 6.59. The molecule has 182 valence electrons. The fraction of sp³-hybridized carbons (Fsp3) is 0.379. The number of nitrogens with one attached hydrogen (secondary N) is 1. The fourth-order valence-electron chi connectivity index (χ4n) is 5.82. The molecule has 1 fully saturated rings. The van der Waals surface area contributed by atoms with Gasteiger partial charge in [0, 0.05) is 16.6 Å². The van der Waals surface area contributed by atoms with Crippen molar-refractivity contribution in [1.29, 1.82) is 0 Å². The van der Waals surface area contributed by atoms with Gasteiger partial charge in [-0.15, -0.1) is 0 Å². The third kappa shape index (κ3) is 4.80. The molecule has 5 rings (SSSR count). The third-order valence-electron chi connectivity index (χ3n) is 7.81. The van der Waals surface area contributed by atoms with Crippen molar-refractivity contribution in [3.05, 3.63) is 82.9 Å². The average Bonchev–Trinajstić information content (AvgIpc) is 3.44. The van der Waals surface area contributed by atoms with Crippen molar-refractivity contribution in [3.8, 4) is 0 Å². The van der Waals surface area contributed by atoms with E-state index in [0.717, 1.165) is 42.6 Å². The lowest BCUT2D eigenvalue weighted by Gasteiger charge is -2.33. The maximum atomic E-state index is 12.9. The number of carbonyl (C=O) groups excluding carboxylic acids is 1. The first-order valence-electron chi connectivity index (χ1n) is 12.5. The number of hydrogen-bond acceptors (Lipinski definition) is 3. The SMILES string of the molecule is CC1=C(c2ccccc2)C(CC(O)C2CCC(C(=O)Nc3ccc(Cl)cc3C)CC2)n2cncc21. The van der Waals surface area contributed by atoms with Crippen LogP contribution in [0.15, 0.2) is 61.1 Å². The molecule has 6 heteroatoms. The van der Waals surface area contributed by atoms with Gasteiger partial charge in [0.1, 0.15) is 0 Å². The molecule has 1 aromatic heterocycles. The summed E-state index contributed by atoms with van der Waals surface area (Å²) >= 11 is 6.04. The molecule has 2 N–H and O–H groups in total. The molecule has 2 unspecified atom stereocenters. The number of anilines is 1. The molecule has 5 nitrogen and oxygen atoms in total. The number of aliphatic hydroxyl groups is 1. The Bertz CT molecular complexity index is 1240. The van der Waals surface area contributed by atoms with Crippen LogP contribution in [0.3, 0.4) is 0 Å². The molecule has 1 amide bonds. The van der Waals surface area contributed by atoms with Crippen molar-refractivity contribution < 1.29 is 9.90 Å². The minimum Gasteiger partial charge on any atom is -0.393 e. The molecule has 2 atom stereocenters. The van der Waals surface area contributed by atoms with E-state index >= 15 is 0 Å². The van der Waals surface area contributed by atoms with E-state index in [1.807, 2.05) is 37.6 Å². The van der Waals surface area contributed by atoms with Gasteiger partial charge in [-0.3, -0.25) is 4.79 Å². The number of rotatable bonds is 6. The Labute approximate surface area is 211 Å². The lowest BCUT2D eigenvalue weighted by atomic mass is 9.77. The van der Waals surface area contributed by atoms with Crippen molar-refractivity contribution >= 4 is 34.3 Å². The summed E-state index contributed by atoms with van der Waals surface area (Å²) in [5.74, 6) is 0.232. The van der Waals surface area contributed by atoms with E-state index in [2.05, 4.69) is 46.1 Å². The Morgan fingerprint density at radius 3 is 2.60 bits per heavy atom. The minimum atomic E-state index is -0.428. The first-order chi connectivity index (χ1) is 16.9. The van der Waals surface area contributed by atoms with Crippen LogP contribution in [-0.2, 0) is 4.79 Å². The summed E-state index contributed by atoms with van der Waals surface area (Å²) in [7, 11) is 0. The van der Waals surface area contributed by atoms with Gasteiger partial charge in [-0.2, -0.15) is 0 Å². The first-order valence-corrected chi connectivity index (χ1v) is 12.8. The van der Waals surface area contributed by atoms with Gasteiger partial charge in [-0.25, -0.2) is 4.98 Å². The topological polar surface area (TPSA) is 67.2 Å². The molecule has 0 spiro atoms. The van der Waals surface area contributed by atoms with Crippen molar-refractivity contribution in [2.24, 2.45) is 11.8 Å². The summed E-state index contributed by atoms with van der Waals surface area (Å²) < 4.78 is 2.20. The number of aliphatic hydroxyl groups excluding tert-OH is 1. The van der Waals surface area contributed by atoms with Gasteiger partial charge < -0.3 is 15.0 Å². The smallest absolute Gasteiger partial charge is 0.227 e. The standard InChI is InChI=1S/C29H32ClN3O2/c1-18-14-23(30)12-13-24(18)32-29(35)22-10-8-20(9-11-22)27(34)15-25-28(21-6-4-3-5-7-21)19(2)26-16-31-17-33(25)26/h3-7,12-14,16-17,20,22,25,27,34H,8-11,15H2,1-2H3,(H,32,35). The first kappa shape index (κ1) is 23.8. The largest absolute Gasteiger partial charge is 0.393 e. The molecule has 35 heavy (non-hydrogen) atoms. The number of nitrogens with zero attached hydrogens (tertiary/aromatic N) is 2. The molecule has 2 heterocycles. The lowest BCUT2D eigenvalue weighted by molar-refractivity contribution is -0.121. The zero-order chi connectivity index (χ0) is 24.5.